The Morgan fingerprint density at radius 1 is 1.16 bits per heavy atom. The number of nitrogens with one attached hydrogen (secondary N) is 1. The summed E-state index contributed by atoms with van der Waals surface area (Å²) in [5, 5.41) is 6.70. The van der Waals surface area contributed by atoms with E-state index in [1.54, 1.807) is 12.1 Å². The second-order valence-electron chi connectivity index (χ2n) is 4.09. The number of rotatable bonds is 4. The highest BCUT2D eigenvalue weighted by atomic mass is 19.4. The van der Waals surface area contributed by atoms with Gasteiger partial charge in [0.2, 0.25) is 0 Å². The van der Waals surface area contributed by atoms with E-state index in [1.165, 1.54) is 10.9 Å². The summed E-state index contributed by atoms with van der Waals surface area (Å²) in [7, 11) is 0. The third-order valence-electron chi connectivity index (χ3n) is 2.66. The van der Waals surface area contributed by atoms with E-state index in [2.05, 4.69) is 10.4 Å². The SMILES string of the molecule is CCNCc1ccc(-n2ccc(C(F)(F)F)n2)cc1. The van der Waals surface area contributed by atoms with Crippen LogP contribution in [0.4, 0.5) is 13.2 Å². The van der Waals surface area contributed by atoms with Crippen molar-refractivity contribution >= 4 is 0 Å². The summed E-state index contributed by atoms with van der Waals surface area (Å²) in [6, 6.07) is 8.20. The first-order chi connectivity index (χ1) is 9.00. The second-order valence-corrected chi connectivity index (χ2v) is 4.09. The van der Waals surface area contributed by atoms with Crippen LogP contribution in [-0.2, 0) is 12.7 Å². The molecule has 0 saturated heterocycles. The van der Waals surface area contributed by atoms with Gasteiger partial charge >= 0.3 is 6.18 Å². The molecule has 0 atom stereocenters. The number of hydrogen-bond acceptors (Lipinski definition) is 2. The Hall–Kier alpha value is -1.82. The van der Waals surface area contributed by atoms with Gasteiger partial charge in [-0.25, -0.2) is 4.68 Å². The van der Waals surface area contributed by atoms with Crippen LogP contribution in [0.5, 0.6) is 0 Å². The van der Waals surface area contributed by atoms with Gasteiger partial charge in [0.25, 0.3) is 0 Å². The predicted molar refractivity (Wildman–Crippen MR) is 65.9 cm³/mol. The third kappa shape index (κ3) is 3.35. The van der Waals surface area contributed by atoms with Gasteiger partial charge in [-0.3, -0.25) is 0 Å². The van der Waals surface area contributed by atoms with Crippen LogP contribution in [0.15, 0.2) is 36.5 Å². The minimum atomic E-state index is -4.41. The molecule has 1 aromatic heterocycles. The van der Waals surface area contributed by atoms with Crippen LogP contribution in [0.1, 0.15) is 18.2 Å². The molecule has 0 fully saturated rings. The maximum Gasteiger partial charge on any atom is 0.435 e. The van der Waals surface area contributed by atoms with Crippen LogP contribution in [0.25, 0.3) is 5.69 Å². The highest BCUT2D eigenvalue weighted by Crippen LogP contribution is 2.27. The van der Waals surface area contributed by atoms with E-state index in [9.17, 15) is 13.2 Å². The molecule has 2 aromatic rings. The molecule has 0 spiro atoms. The number of nitrogens with zero attached hydrogens (tertiary/aromatic N) is 2. The molecule has 1 N–H and O–H groups in total. The summed E-state index contributed by atoms with van der Waals surface area (Å²) in [6.07, 6.45) is -3.10. The lowest BCUT2D eigenvalue weighted by molar-refractivity contribution is -0.141. The van der Waals surface area contributed by atoms with Crippen LogP contribution >= 0.6 is 0 Å². The lowest BCUT2D eigenvalue weighted by Gasteiger charge is -2.05. The lowest BCUT2D eigenvalue weighted by atomic mass is 10.2. The first-order valence-electron chi connectivity index (χ1n) is 5.93. The molecule has 0 aliphatic carbocycles. The van der Waals surface area contributed by atoms with Crippen molar-refractivity contribution in [3.05, 3.63) is 47.8 Å². The molecule has 3 nitrogen and oxygen atoms in total. The zero-order chi connectivity index (χ0) is 13.9. The van der Waals surface area contributed by atoms with Crippen molar-refractivity contribution in [3.63, 3.8) is 0 Å². The zero-order valence-electron chi connectivity index (χ0n) is 10.4. The molecule has 1 aromatic carbocycles. The summed E-state index contributed by atoms with van der Waals surface area (Å²) < 4.78 is 38.5. The molecular formula is C13H14F3N3. The lowest BCUT2D eigenvalue weighted by Crippen LogP contribution is -2.11. The molecule has 0 bridgehead atoms. The van der Waals surface area contributed by atoms with E-state index in [0.29, 0.717) is 5.69 Å². The fourth-order valence-electron chi connectivity index (χ4n) is 1.65. The maximum absolute atomic E-state index is 12.4. The maximum atomic E-state index is 12.4. The molecule has 0 amide bonds. The fraction of sp³-hybridized carbons (Fsp3) is 0.308. The number of alkyl halides is 3. The highest BCUT2D eigenvalue weighted by molar-refractivity contribution is 5.34. The van der Waals surface area contributed by atoms with Gasteiger partial charge in [0.1, 0.15) is 0 Å². The third-order valence-corrected chi connectivity index (χ3v) is 2.66. The molecule has 0 aliphatic rings. The largest absolute Gasteiger partial charge is 0.435 e. The van der Waals surface area contributed by atoms with Gasteiger partial charge in [-0.1, -0.05) is 19.1 Å². The van der Waals surface area contributed by atoms with Crippen LogP contribution in [0.2, 0.25) is 0 Å². The first kappa shape index (κ1) is 13.6. The monoisotopic (exact) mass is 269 g/mol. The molecule has 0 aliphatic heterocycles. The summed E-state index contributed by atoms with van der Waals surface area (Å²) in [5.41, 5.74) is 0.800. The van der Waals surface area contributed by atoms with Crippen molar-refractivity contribution in [1.82, 2.24) is 15.1 Å². The van der Waals surface area contributed by atoms with Gasteiger partial charge in [-0.15, -0.1) is 0 Å². The van der Waals surface area contributed by atoms with E-state index in [0.717, 1.165) is 24.7 Å². The Morgan fingerprint density at radius 3 is 2.37 bits per heavy atom. The standard InChI is InChI=1S/C13H14F3N3/c1-2-17-9-10-3-5-11(6-4-10)19-8-7-12(18-19)13(14,15)16/h3-8,17H,2,9H2,1H3. The topological polar surface area (TPSA) is 29.9 Å². The molecule has 102 valence electrons. The normalized spacial score (nSPS) is 11.8. The second kappa shape index (κ2) is 5.44. The van der Waals surface area contributed by atoms with Crippen molar-refractivity contribution in [2.24, 2.45) is 0 Å². The average Bonchev–Trinajstić information content (AvgIpc) is 2.86. The van der Waals surface area contributed by atoms with Crippen LogP contribution in [0, 0.1) is 0 Å². The quantitative estimate of drug-likeness (QED) is 0.924. The summed E-state index contributed by atoms with van der Waals surface area (Å²) in [5.74, 6) is 0. The van der Waals surface area contributed by atoms with Gasteiger partial charge in [0.15, 0.2) is 5.69 Å². The summed E-state index contributed by atoms with van der Waals surface area (Å²) in [4.78, 5) is 0. The van der Waals surface area contributed by atoms with Crippen molar-refractivity contribution in [2.45, 2.75) is 19.6 Å². The van der Waals surface area contributed by atoms with Gasteiger partial charge in [-0.2, -0.15) is 18.3 Å². The minimum Gasteiger partial charge on any atom is -0.313 e. The van der Waals surface area contributed by atoms with E-state index in [-0.39, 0.29) is 0 Å². The smallest absolute Gasteiger partial charge is 0.313 e. The van der Waals surface area contributed by atoms with Crippen molar-refractivity contribution in [2.75, 3.05) is 6.54 Å². The van der Waals surface area contributed by atoms with Gasteiger partial charge in [0.05, 0.1) is 5.69 Å². The van der Waals surface area contributed by atoms with Gasteiger partial charge < -0.3 is 5.32 Å². The molecule has 6 heteroatoms. The van der Waals surface area contributed by atoms with Crippen molar-refractivity contribution in [1.29, 1.82) is 0 Å². The summed E-state index contributed by atoms with van der Waals surface area (Å²) in [6.45, 7) is 3.62. The highest BCUT2D eigenvalue weighted by Gasteiger charge is 2.33. The predicted octanol–water partition coefficient (Wildman–Crippen LogP) is 3.00. The molecule has 19 heavy (non-hydrogen) atoms. The van der Waals surface area contributed by atoms with Gasteiger partial charge in [0, 0.05) is 12.7 Å². The average molecular weight is 269 g/mol. The van der Waals surface area contributed by atoms with E-state index >= 15 is 0 Å². The number of hydrogen-bond donors (Lipinski definition) is 1. The Morgan fingerprint density at radius 2 is 1.84 bits per heavy atom. The Labute approximate surface area is 109 Å². The first-order valence-corrected chi connectivity index (χ1v) is 5.93. The van der Waals surface area contributed by atoms with Crippen LogP contribution in [0.3, 0.4) is 0 Å². The molecule has 2 rings (SSSR count). The van der Waals surface area contributed by atoms with E-state index < -0.39 is 11.9 Å². The summed E-state index contributed by atoms with van der Waals surface area (Å²) >= 11 is 0. The van der Waals surface area contributed by atoms with Crippen LogP contribution < -0.4 is 5.32 Å². The van der Waals surface area contributed by atoms with E-state index in [1.807, 2.05) is 19.1 Å². The Bertz CT molecular complexity index is 529. The molecule has 1 heterocycles. The molecule has 0 unspecified atom stereocenters. The molecular weight excluding hydrogens is 255 g/mol. The molecule has 0 radical (unpaired) electrons. The number of halogens is 3. The Balaban J connectivity index is 2.16. The molecule has 0 saturated carbocycles. The van der Waals surface area contributed by atoms with E-state index in [4.69, 9.17) is 0 Å². The van der Waals surface area contributed by atoms with Crippen molar-refractivity contribution in [3.8, 4) is 5.69 Å². The van der Waals surface area contributed by atoms with Crippen LogP contribution in [-0.4, -0.2) is 16.3 Å². The fourth-order valence-corrected chi connectivity index (χ4v) is 1.65. The number of aromatic nitrogens is 2. The van der Waals surface area contributed by atoms with Gasteiger partial charge in [-0.05, 0) is 30.3 Å². The minimum absolute atomic E-state index is 0.607. The Kier molecular flexibility index (Phi) is 3.90. The number of benzene rings is 1. The van der Waals surface area contributed by atoms with Crippen molar-refractivity contribution < 1.29 is 13.2 Å². The zero-order valence-corrected chi connectivity index (χ0v) is 10.4.